The summed E-state index contributed by atoms with van der Waals surface area (Å²) in [5, 5.41) is 3.19. The maximum Gasteiger partial charge on any atom is 0.212 e. The monoisotopic (exact) mass is 206 g/mol. The van der Waals surface area contributed by atoms with Crippen LogP contribution in [0.3, 0.4) is 0 Å². The summed E-state index contributed by atoms with van der Waals surface area (Å²) in [7, 11) is 3.57. The standard InChI is InChI=1S/C12H18N2O/c1-9(10(2)13-3)7-11-5-6-12(15-4)14-8-11/h5-8,10,13H,1-4H3/b9-7+. The molecule has 0 bridgehead atoms. The summed E-state index contributed by atoms with van der Waals surface area (Å²) in [6.07, 6.45) is 3.93. The smallest absolute Gasteiger partial charge is 0.212 e. The Morgan fingerprint density at radius 1 is 1.53 bits per heavy atom. The second kappa shape index (κ2) is 5.51. The number of pyridine rings is 1. The molecule has 15 heavy (non-hydrogen) atoms. The number of hydrogen-bond acceptors (Lipinski definition) is 3. The van der Waals surface area contributed by atoms with E-state index in [4.69, 9.17) is 4.74 Å². The number of hydrogen-bond donors (Lipinski definition) is 1. The summed E-state index contributed by atoms with van der Waals surface area (Å²) in [5.74, 6) is 0.645. The fourth-order valence-corrected chi connectivity index (χ4v) is 1.21. The van der Waals surface area contributed by atoms with Gasteiger partial charge in [0.05, 0.1) is 7.11 Å². The van der Waals surface area contributed by atoms with E-state index in [0.717, 1.165) is 5.56 Å². The van der Waals surface area contributed by atoms with Gasteiger partial charge in [-0.2, -0.15) is 0 Å². The van der Waals surface area contributed by atoms with Gasteiger partial charge in [0.1, 0.15) is 0 Å². The number of likely N-dealkylation sites (N-methyl/N-ethyl adjacent to an activating group) is 1. The van der Waals surface area contributed by atoms with Crippen molar-refractivity contribution >= 4 is 6.08 Å². The summed E-state index contributed by atoms with van der Waals surface area (Å²) in [6, 6.07) is 4.24. The van der Waals surface area contributed by atoms with E-state index in [9.17, 15) is 0 Å². The first-order valence-corrected chi connectivity index (χ1v) is 5.03. The molecule has 3 heteroatoms. The quantitative estimate of drug-likeness (QED) is 0.819. The SMILES string of the molecule is CNC(C)/C(C)=C/c1ccc(OC)nc1. The summed E-state index contributed by atoms with van der Waals surface area (Å²) >= 11 is 0. The second-order valence-corrected chi connectivity index (χ2v) is 3.53. The lowest BCUT2D eigenvalue weighted by atomic mass is 10.1. The maximum atomic E-state index is 5.00. The minimum atomic E-state index is 0.382. The van der Waals surface area contributed by atoms with E-state index in [-0.39, 0.29) is 0 Å². The van der Waals surface area contributed by atoms with Gasteiger partial charge in [-0.15, -0.1) is 0 Å². The first kappa shape index (κ1) is 11.7. The average Bonchev–Trinajstić information content (AvgIpc) is 2.29. The predicted octanol–water partition coefficient (Wildman–Crippen LogP) is 2.10. The first-order valence-electron chi connectivity index (χ1n) is 5.03. The molecule has 0 amide bonds. The van der Waals surface area contributed by atoms with Crippen molar-refractivity contribution in [3.05, 3.63) is 29.5 Å². The van der Waals surface area contributed by atoms with Crippen LogP contribution >= 0.6 is 0 Å². The molecule has 0 aliphatic carbocycles. The van der Waals surface area contributed by atoms with E-state index in [1.165, 1.54) is 5.57 Å². The number of nitrogens with zero attached hydrogens (tertiary/aromatic N) is 1. The van der Waals surface area contributed by atoms with Crippen molar-refractivity contribution < 1.29 is 4.74 Å². The third-order valence-electron chi connectivity index (χ3n) is 2.48. The number of rotatable bonds is 4. The molecule has 0 saturated carbocycles. The molecule has 1 heterocycles. The Morgan fingerprint density at radius 2 is 2.27 bits per heavy atom. The topological polar surface area (TPSA) is 34.1 Å². The predicted molar refractivity (Wildman–Crippen MR) is 63.0 cm³/mol. The van der Waals surface area contributed by atoms with Crippen LogP contribution in [0.2, 0.25) is 0 Å². The fourth-order valence-electron chi connectivity index (χ4n) is 1.21. The van der Waals surface area contributed by atoms with Gasteiger partial charge in [-0.1, -0.05) is 11.6 Å². The van der Waals surface area contributed by atoms with Crippen molar-refractivity contribution in [1.29, 1.82) is 0 Å². The molecular weight excluding hydrogens is 188 g/mol. The van der Waals surface area contributed by atoms with Crippen molar-refractivity contribution in [2.45, 2.75) is 19.9 Å². The molecule has 1 N–H and O–H groups in total. The van der Waals surface area contributed by atoms with Crippen LogP contribution in [0.15, 0.2) is 23.9 Å². The van der Waals surface area contributed by atoms with Crippen LogP contribution in [0.5, 0.6) is 5.88 Å². The van der Waals surface area contributed by atoms with Gasteiger partial charge in [-0.3, -0.25) is 0 Å². The highest BCUT2D eigenvalue weighted by atomic mass is 16.5. The van der Waals surface area contributed by atoms with Gasteiger partial charge in [0, 0.05) is 18.3 Å². The Hall–Kier alpha value is -1.35. The third-order valence-corrected chi connectivity index (χ3v) is 2.48. The third kappa shape index (κ3) is 3.36. The Bertz CT molecular complexity index is 330. The molecule has 1 unspecified atom stereocenters. The molecule has 1 aromatic rings. The van der Waals surface area contributed by atoms with E-state index in [1.54, 1.807) is 7.11 Å². The average molecular weight is 206 g/mol. The zero-order valence-electron chi connectivity index (χ0n) is 9.74. The van der Waals surface area contributed by atoms with E-state index < -0.39 is 0 Å². The van der Waals surface area contributed by atoms with Gasteiger partial charge in [0.2, 0.25) is 5.88 Å². The van der Waals surface area contributed by atoms with E-state index in [1.807, 2.05) is 25.4 Å². The minimum absolute atomic E-state index is 0.382. The van der Waals surface area contributed by atoms with Gasteiger partial charge in [-0.25, -0.2) is 4.98 Å². The molecule has 0 aliphatic rings. The first-order chi connectivity index (χ1) is 7.17. The lowest BCUT2D eigenvalue weighted by Crippen LogP contribution is -2.21. The van der Waals surface area contributed by atoms with Crippen molar-refractivity contribution in [2.24, 2.45) is 0 Å². The van der Waals surface area contributed by atoms with Gasteiger partial charge in [0.25, 0.3) is 0 Å². The zero-order chi connectivity index (χ0) is 11.3. The molecule has 0 radical (unpaired) electrons. The molecule has 0 saturated heterocycles. The Balaban J connectivity index is 2.79. The Kier molecular flexibility index (Phi) is 4.31. The fraction of sp³-hybridized carbons (Fsp3) is 0.417. The normalized spacial score (nSPS) is 13.7. The van der Waals surface area contributed by atoms with Crippen LogP contribution in [0.4, 0.5) is 0 Å². The second-order valence-electron chi connectivity index (χ2n) is 3.53. The number of ether oxygens (including phenoxy) is 1. The highest BCUT2D eigenvalue weighted by Gasteiger charge is 2.00. The molecule has 0 aliphatic heterocycles. The molecule has 0 aromatic carbocycles. The summed E-state index contributed by atoms with van der Waals surface area (Å²) in [5.41, 5.74) is 2.37. The Labute approximate surface area is 91.2 Å². The van der Waals surface area contributed by atoms with Crippen LogP contribution < -0.4 is 10.1 Å². The molecule has 0 spiro atoms. The van der Waals surface area contributed by atoms with Crippen molar-refractivity contribution in [1.82, 2.24) is 10.3 Å². The van der Waals surface area contributed by atoms with Crippen molar-refractivity contribution in [3.63, 3.8) is 0 Å². The zero-order valence-corrected chi connectivity index (χ0v) is 9.74. The van der Waals surface area contributed by atoms with Crippen molar-refractivity contribution in [3.8, 4) is 5.88 Å². The molecular formula is C12H18N2O. The van der Waals surface area contributed by atoms with Gasteiger partial charge in [0.15, 0.2) is 0 Å². The molecule has 82 valence electrons. The summed E-state index contributed by atoms with van der Waals surface area (Å²) in [4.78, 5) is 4.15. The lowest BCUT2D eigenvalue weighted by molar-refractivity contribution is 0.398. The summed E-state index contributed by atoms with van der Waals surface area (Å²) in [6.45, 7) is 4.23. The van der Waals surface area contributed by atoms with Gasteiger partial charge < -0.3 is 10.1 Å². The van der Waals surface area contributed by atoms with Crippen LogP contribution in [-0.2, 0) is 0 Å². The molecule has 1 atom stereocenters. The number of nitrogens with one attached hydrogen (secondary N) is 1. The number of methoxy groups -OCH3 is 1. The summed E-state index contributed by atoms with van der Waals surface area (Å²) < 4.78 is 5.00. The largest absolute Gasteiger partial charge is 0.481 e. The molecule has 1 aromatic heterocycles. The van der Waals surface area contributed by atoms with Gasteiger partial charge >= 0.3 is 0 Å². The van der Waals surface area contributed by atoms with Crippen LogP contribution in [-0.4, -0.2) is 25.2 Å². The van der Waals surface area contributed by atoms with Crippen LogP contribution in [0, 0.1) is 0 Å². The van der Waals surface area contributed by atoms with E-state index in [0.29, 0.717) is 11.9 Å². The lowest BCUT2D eigenvalue weighted by Gasteiger charge is -2.10. The number of aromatic nitrogens is 1. The highest BCUT2D eigenvalue weighted by Crippen LogP contribution is 2.11. The van der Waals surface area contributed by atoms with Crippen LogP contribution in [0.25, 0.3) is 6.08 Å². The van der Waals surface area contributed by atoms with E-state index >= 15 is 0 Å². The Morgan fingerprint density at radius 3 is 2.73 bits per heavy atom. The van der Waals surface area contributed by atoms with Crippen molar-refractivity contribution in [2.75, 3.05) is 14.2 Å². The van der Waals surface area contributed by atoms with Crippen LogP contribution in [0.1, 0.15) is 19.4 Å². The highest BCUT2D eigenvalue weighted by molar-refractivity contribution is 5.52. The minimum Gasteiger partial charge on any atom is -0.481 e. The van der Waals surface area contributed by atoms with E-state index in [2.05, 4.69) is 30.2 Å². The maximum absolute atomic E-state index is 5.00. The van der Waals surface area contributed by atoms with Gasteiger partial charge in [-0.05, 0) is 32.5 Å². The molecule has 3 nitrogen and oxygen atoms in total. The molecule has 1 rings (SSSR count). The molecule has 0 fully saturated rings.